The number of aryl methyl sites for hydroxylation is 1. The number of carbonyl (C=O) groups excluding carboxylic acids is 1. The summed E-state index contributed by atoms with van der Waals surface area (Å²) in [6.45, 7) is 1.83. The first-order chi connectivity index (χ1) is 15.3. The highest BCUT2D eigenvalue weighted by molar-refractivity contribution is 7.92. The van der Waals surface area contributed by atoms with Gasteiger partial charge in [-0.05, 0) is 66.6 Å². The molecule has 8 heteroatoms. The summed E-state index contributed by atoms with van der Waals surface area (Å²) in [7, 11) is -0.647. The van der Waals surface area contributed by atoms with Crippen LogP contribution in [0.2, 0.25) is 0 Å². The van der Waals surface area contributed by atoms with Crippen molar-refractivity contribution in [3.8, 4) is 11.5 Å². The molecule has 0 saturated carbocycles. The van der Waals surface area contributed by atoms with Gasteiger partial charge in [-0.3, -0.25) is 9.52 Å². The Morgan fingerprint density at radius 1 is 0.906 bits per heavy atom. The molecule has 0 aliphatic heterocycles. The zero-order chi connectivity index (χ0) is 23.1. The first-order valence-electron chi connectivity index (χ1n) is 9.72. The number of sulfonamides is 1. The minimum absolute atomic E-state index is 0.0969. The molecule has 0 saturated heterocycles. The molecule has 0 aliphatic carbocycles. The molecule has 0 radical (unpaired) electrons. The van der Waals surface area contributed by atoms with Gasteiger partial charge in [-0.1, -0.05) is 24.3 Å². The SMILES string of the molecule is COc1ccc(C=CC(=O)Nc2ccc(S(=O)(=O)Nc3ccccc3C)cc2)cc1OC. The average Bonchev–Trinajstić information content (AvgIpc) is 2.79. The molecule has 3 rings (SSSR count). The van der Waals surface area contributed by atoms with Crippen LogP contribution in [-0.4, -0.2) is 28.5 Å². The van der Waals surface area contributed by atoms with Gasteiger partial charge in [0.1, 0.15) is 0 Å². The fourth-order valence-electron chi connectivity index (χ4n) is 2.92. The lowest BCUT2D eigenvalue weighted by Crippen LogP contribution is -2.14. The van der Waals surface area contributed by atoms with Crippen LogP contribution in [0.1, 0.15) is 11.1 Å². The maximum atomic E-state index is 12.6. The number of carbonyl (C=O) groups is 1. The van der Waals surface area contributed by atoms with Crippen molar-refractivity contribution in [3.05, 3.63) is 83.9 Å². The molecule has 1 amide bonds. The van der Waals surface area contributed by atoms with E-state index in [1.165, 1.54) is 30.3 Å². The molecular formula is C24H24N2O5S. The molecule has 3 aromatic carbocycles. The third kappa shape index (κ3) is 5.67. The van der Waals surface area contributed by atoms with E-state index >= 15 is 0 Å². The number of ether oxygens (including phenoxy) is 2. The minimum atomic E-state index is -3.74. The van der Waals surface area contributed by atoms with Crippen LogP contribution in [0.4, 0.5) is 11.4 Å². The van der Waals surface area contributed by atoms with Gasteiger partial charge in [-0.2, -0.15) is 0 Å². The van der Waals surface area contributed by atoms with Crippen molar-refractivity contribution >= 4 is 33.4 Å². The van der Waals surface area contributed by atoms with Crippen molar-refractivity contribution in [3.63, 3.8) is 0 Å². The maximum Gasteiger partial charge on any atom is 0.261 e. The van der Waals surface area contributed by atoms with Crippen LogP contribution in [0.25, 0.3) is 6.08 Å². The van der Waals surface area contributed by atoms with Crippen molar-refractivity contribution < 1.29 is 22.7 Å². The lowest BCUT2D eigenvalue weighted by molar-refractivity contribution is -0.111. The fourth-order valence-corrected chi connectivity index (χ4v) is 4.05. The van der Waals surface area contributed by atoms with Crippen LogP contribution in [0, 0.1) is 6.92 Å². The van der Waals surface area contributed by atoms with Crippen molar-refractivity contribution in [2.24, 2.45) is 0 Å². The number of amides is 1. The Bertz CT molecular complexity index is 1240. The van der Waals surface area contributed by atoms with Gasteiger partial charge in [-0.25, -0.2) is 8.42 Å². The molecule has 7 nitrogen and oxygen atoms in total. The van der Waals surface area contributed by atoms with Crippen molar-refractivity contribution in [1.82, 2.24) is 0 Å². The Balaban J connectivity index is 1.66. The summed E-state index contributed by atoms with van der Waals surface area (Å²) < 4.78 is 38.2. The molecule has 0 spiro atoms. The zero-order valence-electron chi connectivity index (χ0n) is 18.0. The third-order valence-electron chi connectivity index (χ3n) is 4.66. The van der Waals surface area contributed by atoms with E-state index in [-0.39, 0.29) is 10.8 Å². The fraction of sp³-hybridized carbons (Fsp3) is 0.125. The number of nitrogens with one attached hydrogen (secondary N) is 2. The molecule has 166 valence electrons. The van der Waals surface area contributed by atoms with E-state index < -0.39 is 10.0 Å². The van der Waals surface area contributed by atoms with E-state index in [1.807, 2.05) is 19.1 Å². The van der Waals surface area contributed by atoms with Gasteiger partial charge >= 0.3 is 0 Å². The highest BCUT2D eigenvalue weighted by Gasteiger charge is 2.15. The number of rotatable bonds is 8. The Kier molecular flexibility index (Phi) is 7.17. The summed E-state index contributed by atoms with van der Waals surface area (Å²) in [5.41, 5.74) is 2.58. The summed E-state index contributed by atoms with van der Waals surface area (Å²) in [5.74, 6) is 0.806. The summed E-state index contributed by atoms with van der Waals surface area (Å²) in [6.07, 6.45) is 3.02. The lowest BCUT2D eigenvalue weighted by Gasteiger charge is -2.11. The topological polar surface area (TPSA) is 93.7 Å². The Morgan fingerprint density at radius 3 is 2.25 bits per heavy atom. The average molecular weight is 453 g/mol. The second-order valence-electron chi connectivity index (χ2n) is 6.88. The molecule has 0 aliphatic rings. The van der Waals surface area contributed by atoms with Crippen molar-refractivity contribution in [2.45, 2.75) is 11.8 Å². The minimum Gasteiger partial charge on any atom is -0.493 e. The standard InChI is InChI=1S/C24H24N2O5S/c1-17-6-4-5-7-21(17)26-32(28,29)20-12-10-19(11-13-20)25-24(27)15-9-18-8-14-22(30-2)23(16-18)31-3/h4-16,26H,1-3H3,(H,25,27). The lowest BCUT2D eigenvalue weighted by atomic mass is 10.2. The summed E-state index contributed by atoms with van der Waals surface area (Å²) in [4.78, 5) is 12.3. The van der Waals surface area contributed by atoms with Gasteiger partial charge < -0.3 is 14.8 Å². The van der Waals surface area contributed by atoms with Gasteiger partial charge in [0.2, 0.25) is 5.91 Å². The van der Waals surface area contributed by atoms with Crippen molar-refractivity contribution in [1.29, 1.82) is 0 Å². The van der Waals surface area contributed by atoms with Crippen LogP contribution in [0.5, 0.6) is 11.5 Å². The smallest absolute Gasteiger partial charge is 0.261 e. The highest BCUT2D eigenvalue weighted by Crippen LogP contribution is 2.28. The first kappa shape index (κ1) is 22.9. The quantitative estimate of drug-likeness (QED) is 0.492. The van der Waals surface area contributed by atoms with Gasteiger partial charge in [0.25, 0.3) is 10.0 Å². The van der Waals surface area contributed by atoms with Gasteiger partial charge in [-0.15, -0.1) is 0 Å². The van der Waals surface area contributed by atoms with Crippen LogP contribution in [0.15, 0.2) is 77.7 Å². The predicted molar refractivity (Wildman–Crippen MR) is 126 cm³/mol. The largest absolute Gasteiger partial charge is 0.493 e. The number of anilines is 2. The van der Waals surface area contributed by atoms with E-state index in [2.05, 4.69) is 10.0 Å². The Morgan fingerprint density at radius 2 is 1.59 bits per heavy atom. The normalized spacial score (nSPS) is 11.2. The van der Waals surface area contributed by atoms with E-state index in [9.17, 15) is 13.2 Å². The third-order valence-corrected chi connectivity index (χ3v) is 6.04. The summed E-state index contributed by atoms with van der Waals surface area (Å²) >= 11 is 0. The number of para-hydroxylation sites is 1. The highest BCUT2D eigenvalue weighted by atomic mass is 32.2. The van der Waals surface area contributed by atoms with E-state index in [1.54, 1.807) is 50.6 Å². The molecule has 2 N–H and O–H groups in total. The molecule has 0 aromatic heterocycles. The Hall–Kier alpha value is -3.78. The molecule has 0 fully saturated rings. The Labute approximate surface area is 187 Å². The summed E-state index contributed by atoms with van der Waals surface area (Å²) in [6, 6.07) is 18.4. The van der Waals surface area contributed by atoms with Gasteiger partial charge in [0.15, 0.2) is 11.5 Å². The molecule has 32 heavy (non-hydrogen) atoms. The second-order valence-corrected chi connectivity index (χ2v) is 8.56. The van der Waals surface area contributed by atoms with E-state index in [4.69, 9.17) is 9.47 Å². The molecule has 0 atom stereocenters. The second kappa shape index (κ2) is 10.0. The molecule has 3 aromatic rings. The molecular weight excluding hydrogens is 428 g/mol. The monoisotopic (exact) mass is 452 g/mol. The predicted octanol–water partition coefficient (Wildman–Crippen LogP) is 4.46. The molecule has 0 heterocycles. The van der Waals surface area contributed by atoms with Crippen molar-refractivity contribution in [2.75, 3.05) is 24.3 Å². The van der Waals surface area contributed by atoms with E-state index in [0.29, 0.717) is 22.9 Å². The number of hydrogen-bond donors (Lipinski definition) is 2. The van der Waals surface area contributed by atoms with Crippen LogP contribution in [-0.2, 0) is 14.8 Å². The zero-order valence-corrected chi connectivity index (χ0v) is 18.8. The van der Waals surface area contributed by atoms with Crippen LogP contribution >= 0.6 is 0 Å². The van der Waals surface area contributed by atoms with Crippen LogP contribution < -0.4 is 19.5 Å². The summed E-state index contributed by atoms with van der Waals surface area (Å²) in [5, 5.41) is 2.70. The number of hydrogen-bond acceptors (Lipinski definition) is 5. The van der Waals surface area contributed by atoms with Crippen LogP contribution in [0.3, 0.4) is 0 Å². The molecule has 0 bridgehead atoms. The van der Waals surface area contributed by atoms with Gasteiger partial charge in [0, 0.05) is 11.8 Å². The van der Waals surface area contributed by atoms with Gasteiger partial charge in [0.05, 0.1) is 24.8 Å². The first-order valence-corrected chi connectivity index (χ1v) is 11.2. The van der Waals surface area contributed by atoms with E-state index in [0.717, 1.165) is 11.1 Å². The maximum absolute atomic E-state index is 12.6. The number of benzene rings is 3. The molecule has 0 unspecified atom stereocenters. The number of methoxy groups -OCH3 is 2.